The van der Waals surface area contributed by atoms with Gasteiger partial charge < -0.3 is 13.9 Å². The minimum absolute atomic E-state index is 0.168. The van der Waals surface area contributed by atoms with Crippen LogP contribution in [0.3, 0.4) is 0 Å². The summed E-state index contributed by atoms with van der Waals surface area (Å²) in [6.45, 7) is 3.50. The fourth-order valence-electron chi connectivity index (χ4n) is 1.69. The zero-order valence-electron chi connectivity index (χ0n) is 12.8. The van der Waals surface area contributed by atoms with E-state index >= 15 is 0 Å². The van der Waals surface area contributed by atoms with Crippen LogP contribution in [0.4, 0.5) is 0 Å². The van der Waals surface area contributed by atoms with E-state index in [4.69, 9.17) is 9.15 Å². The molecule has 23 heavy (non-hydrogen) atoms. The summed E-state index contributed by atoms with van der Waals surface area (Å²) in [5.41, 5.74) is 0.770. The molecule has 7 nitrogen and oxygen atoms in total. The topological polar surface area (TPSA) is 91.5 Å². The van der Waals surface area contributed by atoms with Gasteiger partial charge in [-0.3, -0.25) is 0 Å². The van der Waals surface area contributed by atoms with Gasteiger partial charge in [0.05, 0.1) is 6.61 Å². The number of ether oxygens (including phenoxy) is 2. The number of carbonyl (C=O) groups excluding carboxylic acids is 2. The lowest BCUT2D eigenvalue weighted by atomic mass is 10.2. The van der Waals surface area contributed by atoms with Gasteiger partial charge in [0, 0.05) is 17.7 Å². The molecule has 1 aromatic carbocycles. The summed E-state index contributed by atoms with van der Waals surface area (Å²) >= 11 is 0. The Morgan fingerprint density at radius 2 is 1.87 bits per heavy atom. The van der Waals surface area contributed by atoms with E-state index in [9.17, 15) is 9.59 Å². The molecule has 7 heteroatoms. The lowest BCUT2D eigenvalue weighted by molar-refractivity contribution is -0.144. The Morgan fingerprint density at radius 1 is 1.17 bits per heavy atom. The summed E-state index contributed by atoms with van der Waals surface area (Å²) in [4.78, 5) is 22.7. The molecule has 0 radical (unpaired) electrons. The van der Waals surface area contributed by atoms with Crippen LogP contribution in [0.15, 0.2) is 46.9 Å². The maximum Gasteiger partial charge on any atom is 0.331 e. The molecule has 0 fully saturated rings. The quantitative estimate of drug-likeness (QED) is 0.597. The first-order valence-corrected chi connectivity index (χ1v) is 7.04. The van der Waals surface area contributed by atoms with Crippen LogP contribution in [0.25, 0.3) is 11.5 Å². The molecule has 0 spiro atoms. The number of hydrogen-bond acceptors (Lipinski definition) is 7. The van der Waals surface area contributed by atoms with Gasteiger partial charge in [0.25, 0.3) is 5.89 Å². The third-order valence-electron chi connectivity index (χ3n) is 2.74. The Hall–Kier alpha value is -2.96. The number of carbonyl (C=O) groups is 2. The smallest absolute Gasteiger partial charge is 0.331 e. The lowest BCUT2D eigenvalue weighted by Gasteiger charge is -2.06. The molecule has 0 N–H and O–H groups in total. The van der Waals surface area contributed by atoms with E-state index in [1.165, 1.54) is 0 Å². The van der Waals surface area contributed by atoms with Gasteiger partial charge in [-0.1, -0.05) is 18.2 Å². The number of rotatable bonds is 6. The molecule has 0 aliphatic heterocycles. The van der Waals surface area contributed by atoms with E-state index in [0.717, 1.165) is 17.7 Å². The highest BCUT2D eigenvalue weighted by Gasteiger charge is 2.18. The standard InChI is InChI=1S/C16H16N2O5/c1-3-21-13(19)9-10-14(20)22-11(2)15-17-18-16(23-15)12-7-5-4-6-8-12/h4-11H,3H2,1-2H3/b10-9+/t11-/m0/s1. The van der Waals surface area contributed by atoms with Crippen molar-refractivity contribution < 1.29 is 23.5 Å². The molecule has 0 bridgehead atoms. The SMILES string of the molecule is CCOC(=O)/C=C/C(=O)O[C@@H](C)c1nnc(-c2ccccc2)o1. The molecule has 0 saturated heterocycles. The van der Waals surface area contributed by atoms with Gasteiger partial charge in [0.1, 0.15) is 0 Å². The summed E-state index contributed by atoms with van der Waals surface area (Å²) in [6.07, 6.45) is 1.25. The first-order chi connectivity index (χ1) is 11.1. The molecule has 120 valence electrons. The van der Waals surface area contributed by atoms with E-state index in [1.807, 2.05) is 30.3 Å². The fraction of sp³-hybridized carbons (Fsp3) is 0.250. The Kier molecular flexibility index (Phi) is 5.62. The minimum Gasteiger partial charge on any atom is -0.463 e. The van der Waals surface area contributed by atoms with Gasteiger partial charge in [0.2, 0.25) is 5.89 Å². The van der Waals surface area contributed by atoms with Crippen molar-refractivity contribution in [2.45, 2.75) is 20.0 Å². The Balaban J connectivity index is 1.96. The number of nitrogens with zero attached hydrogens (tertiary/aromatic N) is 2. The Bertz CT molecular complexity index is 694. The van der Waals surface area contributed by atoms with Gasteiger partial charge in [-0.2, -0.15) is 0 Å². The van der Waals surface area contributed by atoms with Gasteiger partial charge in [-0.25, -0.2) is 9.59 Å². The average Bonchev–Trinajstić information content (AvgIpc) is 3.04. The Morgan fingerprint density at radius 3 is 2.57 bits per heavy atom. The van der Waals surface area contributed by atoms with Crippen molar-refractivity contribution in [3.05, 3.63) is 48.4 Å². The maximum atomic E-state index is 11.6. The Labute approximate surface area is 132 Å². The maximum absolute atomic E-state index is 11.6. The van der Waals surface area contributed by atoms with Crippen molar-refractivity contribution in [3.8, 4) is 11.5 Å². The highest BCUT2D eigenvalue weighted by atomic mass is 16.6. The summed E-state index contributed by atoms with van der Waals surface area (Å²) < 4.78 is 15.2. The molecule has 0 amide bonds. The third-order valence-corrected chi connectivity index (χ3v) is 2.74. The molecule has 0 saturated carbocycles. The molecular formula is C16H16N2O5. The van der Waals surface area contributed by atoms with Crippen LogP contribution >= 0.6 is 0 Å². The van der Waals surface area contributed by atoms with Crippen LogP contribution < -0.4 is 0 Å². The monoisotopic (exact) mass is 316 g/mol. The molecule has 2 aromatic rings. The van der Waals surface area contributed by atoms with Gasteiger partial charge in [0.15, 0.2) is 6.10 Å². The van der Waals surface area contributed by atoms with Crippen LogP contribution in [-0.4, -0.2) is 28.7 Å². The molecule has 1 aromatic heterocycles. The normalized spacial score (nSPS) is 12.1. The second-order valence-electron chi connectivity index (χ2n) is 4.48. The van der Waals surface area contributed by atoms with Crippen LogP contribution in [0.2, 0.25) is 0 Å². The number of aromatic nitrogens is 2. The molecule has 1 heterocycles. The van der Waals surface area contributed by atoms with Crippen LogP contribution in [0.1, 0.15) is 25.8 Å². The fourth-order valence-corrected chi connectivity index (χ4v) is 1.69. The van der Waals surface area contributed by atoms with E-state index in [2.05, 4.69) is 14.9 Å². The van der Waals surface area contributed by atoms with Crippen LogP contribution in [0.5, 0.6) is 0 Å². The average molecular weight is 316 g/mol. The van der Waals surface area contributed by atoms with E-state index < -0.39 is 18.0 Å². The molecule has 0 unspecified atom stereocenters. The predicted octanol–water partition coefficient (Wildman–Crippen LogP) is 2.46. The zero-order valence-corrected chi connectivity index (χ0v) is 12.8. The number of benzene rings is 1. The molecule has 1 atom stereocenters. The lowest BCUT2D eigenvalue weighted by Crippen LogP contribution is -2.08. The second kappa shape index (κ2) is 7.88. The van der Waals surface area contributed by atoms with Crippen molar-refractivity contribution in [1.29, 1.82) is 0 Å². The van der Waals surface area contributed by atoms with Crippen LogP contribution in [-0.2, 0) is 19.1 Å². The molecule has 2 rings (SSSR count). The van der Waals surface area contributed by atoms with Gasteiger partial charge >= 0.3 is 11.9 Å². The second-order valence-corrected chi connectivity index (χ2v) is 4.48. The van der Waals surface area contributed by atoms with Gasteiger partial charge in [-0.15, -0.1) is 10.2 Å². The first kappa shape index (κ1) is 16.4. The van der Waals surface area contributed by atoms with Crippen molar-refractivity contribution in [3.63, 3.8) is 0 Å². The van der Waals surface area contributed by atoms with E-state index in [1.54, 1.807) is 13.8 Å². The van der Waals surface area contributed by atoms with Crippen molar-refractivity contribution in [1.82, 2.24) is 10.2 Å². The summed E-state index contributed by atoms with van der Waals surface area (Å²) in [5, 5.41) is 7.77. The first-order valence-electron chi connectivity index (χ1n) is 7.04. The highest BCUT2D eigenvalue weighted by molar-refractivity contribution is 5.91. The largest absolute Gasteiger partial charge is 0.463 e. The summed E-state index contributed by atoms with van der Waals surface area (Å²) in [5.74, 6) is -0.807. The zero-order chi connectivity index (χ0) is 16.7. The number of esters is 2. The van der Waals surface area contributed by atoms with E-state index in [0.29, 0.717) is 5.89 Å². The number of hydrogen-bond donors (Lipinski definition) is 0. The molecular weight excluding hydrogens is 300 g/mol. The third kappa shape index (κ3) is 4.77. The van der Waals surface area contributed by atoms with Gasteiger partial charge in [-0.05, 0) is 26.0 Å². The molecule has 0 aliphatic rings. The van der Waals surface area contributed by atoms with E-state index in [-0.39, 0.29) is 12.5 Å². The van der Waals surface area contributed by atoms with Crippen molar-refractivity contribution in [2.75, 3.05) is 6.61 Å². The van der Waals surface area contributed by atoms with Crippen LogP contribution in [0, 0.1) is 0 Å². The van der Waals surface area contributed by atoms with Crippen molar-refractivity contribution >= 4 is 11.9 Å². The minimum atomic E-state index is -0.737. The molecule has 0 aliphatic carbocycles. The summed E-state index contributed by atoms with van der Waals surface area (Å²) in [6, 6.07) is 9.23. The highest BCUT2D eigenvalue weighted by Crippen LogP contribution is 2.22. The van der Waals surface area contributed by atoms with Crippen molar-refractivity contribution in [2.24, 2.45) is 0 Å². The summed E-state index contributed by atoms with van der Waals surface area (Å²) in [7, 11) is 0. The predicted molar refractivity (Wildman–Crippen MR) is 80.0 cm³/mol.